The van der Waals surface area contributed by atoms with Gasteiger partial charge in [-0.1, -0.05) is 12.1 Å². The van der Waals surface area contributed by atoms with Crippen LogP contribution in [0.25, 0.3) is 11.0 Å². The molecule has 0 bridgehead atoms. The molecule has 8 heteroatoms. The van der Waals surface area contributed by atoms with Crippen LogP contribution in [-0.2, 0) is 0 Å². The lowest BCUT2D eigenvalue weighted by Gasteiger charge is -2.26. The molecule has 0 fully saturated rings. The van der Waals surface area contributed by atoms with Crippen molar-refractivity contribution in [1.82, 2.24) is 0 Å². The monoisotopic (exact) mass is 406 g/mol. The molecular formula is C22H18N2O6. The number of rotatable bonds is 4. The summed E-state index contributed by atoms with van der Waals surface area (Å²) in [6.07, 6.45) is 0. The smallest absolute Gasteiger partial charge is 0.235 e. The van der Waals surface area contributed by atoms with Crippen molar-refractivity contribution in [3.63, 3.8) is 0 Å². The molecule has 152 valence electrons. The van der Waals surface area contributed by atoms with Gasteiger partial charge in [-0.25, -0.2) is 0 Å². The molecule has 0 saturated carbocycles. The number of hydrogen-bond donors (Lipinski definition) is 1. The Morgan fingerprint density at radius 1 is 1.07 bits per heavy atom. The maximum Gasteiger partial charge on any atom is 0.235 e. The molecule has 0 spiro atoms. The minimum Gasteiger partial charge on any atom is -0.493 e. The Morgan fingerprint density at radius 2 is 1.73 bits per heavy atom. The van der Waals surface area contributed by atoms with Crippen LogP contribution >= 0.6 is 0 Å². The number of fused-ring (bicyclic) bond motifs is 2. The lowest BCUT2D eigenvalue weighted by atomic mass is 9.89. The molecule has 1 aromatic heterocycles. The lowest BCUT2D eigenvalue weighted by Crippen LogP contribution is -2.25. The van der Waals surface area contributed by atoms with Crippen molar-refractivity contribution >= 4 is 11.0 Å². The Balaban J connectivity index is 2.05. The predicted octanol–water partition coefficient (Wildman–Crippen LogP) is 3.04. The largest absolute Gasteiger partial charge is 0.493 e. The zero-order valence-corrected chi connectivity index (χ0v) is 16.5. The summed E-state index contributed by atoms with van der Waals surface area (Å²) in [7, 11) is 4.48. The van der Waals surface area contributed by atoms with E-state index in [9.17, 15) is 10.1 Å². The molecule has 0 saturated heterocycles. The minimum absolute atomic E-state index is 0.0711. The highest BCUT2D eigenvalue weighted by atomic mass is 16.5. The second-order valence-corrected chi connectivity index (χ2v) is 6.51. The molecule has 3 aromatic rings. The molecule has 2 aromatic carbocycles. The van der Waals surface area contributed by atoms with Crippen LogP contribution in [0.15, 0.2) is 57.1 Å². The van der Waals surface area contributed by atoms with Gasteiger partial charge in [-0.15, -0.1) is 0 Å². The zero-order valence-electron chi connectivity index (χ0n) is 16.5. The molecular weight excluding hydrogens is 388 g/mol. The summed E-state index contributed by atoms with van der Waals surface area (Å²) >= 11 is 0. The topological polar surface area (TPSA) is 117 Å². The summed E-state index contributed by atoms with van der Waals surface area (Å²) in [6.45, 7) is 0. The van der Waals surface area contributed by atoms with Gasteiger partial charge in [-0.05, 0) is 29.8 Å². The van der Waals surface area contributed by atoms with Gasteiger partial charge in [-0.3, -0.25) is 4.79 Å². The average molecular weight is 406 g/mol. The summed E-state index contributed by atoms with van der Waals surface area (Å²) in [5, 5.41) is 9.87. The number of hydrogen-bond acceptors (Lipinski definition) is 8. The van der Waals surface area contributed by atoms with Crippen LogP contribution in [0.5, 0.6) is 23.0 Å². The molecule has 8 nitrogen and oxygen atoms in total. The van der Waals surface area contributed by atoms with Crippen molar-refractivity contribution < 1.29 is 23.4 Å². The Bertz CT molecular complexity index is 1260. The van der Waals surface area contributed by atoms with E-state index in [-0.39, 0.29) is 28.4 Å². The summed E-state index contributed by atoms with van der Waals surface area (Å²) in [5.41, 5.74) is 6.98. The van der Waals surface area contributed by atoms with E-state index in [0.29, 0.717) is 33.8 Å². The Kier molecular flexibility index (Phi) is 4.72. The maximum absolute atomic E-state index is 13.0. The van der Waals surface area contributed by atoms with Crippen LogP contribution in [0, 0.1) is 11.3 Å². The highest BCUT2D eigenvalue weighted by Gasteiger charge is 2.36. The van der Waals surface area contributed by atoms with E-state index in [4.69, 9.17) is 29.1 Å². The summed E-state index contributed by atoms with van der Waals surface area (Å²) in [6, 6.07) is 12.1. The van der Waals surface area contributed by atoms with Gasteiger partial charge in [0.1, 0.15) is 11.7 Å². The fourth-order valence-corrected chi connectivity index (χ4v) is 3.55. The van der Waals surface area contributed by atoms with Crippen LogP contribution in [0.3, 0.4) is 0 Å². The van der Waals surface area contributed by atoms with E-state index in [1.54, 1.807) is 36.4 Å². The number of nitriles is 1. The van der Waals surface area contributed by atoms with E-state index in [2.05, 4.69) is 0 Å². The third-order valence-corrected chi connectivity index (χ3v) is 4.94. The standard InChI is InChI=1S/C22H18N2O6/c1-26-14-8-11(9-15(27-2)20(14)28-3)17-18(24)16(10-23)30-22-19(25)12-6-4-5-7-13(12)29-21(17)22/h4-9,17H,24H2,1-3H3. The number of methoxy groups -OCH3 is 3. The van der Waals surface area contributed by atoms with Gasteiger partial charge in [0.15, 0.2) is 17.3 Å². The average Bonchev–Trinajstić information content (AvgIpc) is 2.78. The van der Waals surface area contributed by atoms with Gasteiger partial charge in [0.2, 0.25) is 22.7 Å². The van der Waals surface area contributed by atoms with E-state index in [0.717, 1.165) is 0 Å². The van der Waals surface area contributed by atoms with Crippen molar-refractivity contribution in [2.45, 2.75) is 5.92 Å². The van der Waals surface area contributed by atoms with Crippen molar-refractivity contribution in [1.29, 1.82) is 5.26 Å². The molecule has 1 aliphatic heterocycles. The van der Waals surface area contributed by atoms with Gasteiger partial charge in [-0.2, -0.15) is 5.26 Å². The third kappa shape index (κ3) is 2.79. The fraction of sp³-hybridized carbons (Fsp3) is 0.182. The van der Waals surface area contributed by atoms with Crippen LogP contribution in [-0.4, -0.2) is 21.3 Å². The predicted molar refractivity (Wildman–Crippen MR) is 108 cm³/mol. The summed E-state index contributed by atoms with van der Waals surface area (Å²) < 4.78 is 27.8. The highest BCUT2D eigenvalue weighted by molar-refractivity contribution is 5.78. The van der Waals surface area contributed by atoms with Crippen molar-refractivity contribution in [2.24, 2.45) is 5.73 Å². The zero-order chi connectivity index (χ0) is 21.4. The summed E-state index contributed by atoms with van der Waals surface area (Å²) in [4.78, 5) is 13.0. The maximum atomic E-state index is 13.0. The minimum atomic E-state index is -0.769. The van der Waals surface area contributed by atoms with E-state index in [1.165, 1.54) is 21.3 Å². The Morgan fingerprint density at radius 3 is 2.33 bits per heavy atom. The molecule has 2 heterocycles. The first-order chi connectivity index (χ1) is 14.5. The van der Waals surface area contributed by atoms with Gasteiger partial charge >= 0.3 is 0 Å². The normalized spacial score (nSPS) is 15.2. The molecule has 30 heavy (non-hydrogen) atoms. The van der Waals surface area contributed by atoms with Crippen LogP contribution in [0.4, 0.5) is 0 Å². The molecule has 1 aliphatic rings. The molecule has 0 aliphatic carbocycles. The van der Waals surface area contributed by atoms with E-state index in [1.807, 2.05) is 6.07 Å². The quantitative estimate of drug-likeness (QED) is 0.703. The van der Waals surface area contributed by atoms with Gasteiger partial charge < -0.3 is 29.1 Å². The van der Waals surface area contributed by atoms with Crippen LogP contribution in [0.2, 0.25) is 0 Å². The number of nitrogens with two attached hydrogens (primary N) is 1. The number of para-hydroxylation sites is 1. The van der Waals surface area contributed by atoms with Gasteiger partial charge in [0.25, 0.3) is 0 Å². The highest BCUT2D eigenvalue weighted by Crippen LogP contribution is 2.46. The first kappa shape index (κ1) is 19.2. The molecule has 0 radical (unpaired) electrons. The number of nitrogens with zero attached hydrogens (tertiary/aromatic N) is 1. The van der Waals surface area contributed by atoms with Crippen molar-refractivity contribution in [3.05, 3.63) is 69.4 Å². The number of allylic oxidation sites excluding steroid dienone is 2. The molecule has 0 amide bonds. The van der Waals surface area contributed by atoms with Gasteiger partial charge in [0.05, 0.1) is 38.3 Å². The van der Waals surface area contributed by atoms with E-state index >= 15 is 0 Å². The molecule has 4 rings (SSSR count). The molecule has 2 N–H and O–H groups in total. The SMILES string of the molecule is COc1cc(C2C(N)=C(C#N)Oc3c2oc2ccccc2c3=O)cc(OC)c1OC. The molecule has 1 atom stereocenters. The first-order valence-electron chi connectivity index (χ1n) is 8.97. The van der Waals surface area contributed by atoms with Crippen LogP contribution in [0.1, 0.15) is 17.2 Å². The lowest BCUT2D eigenvalue weighted by molar-refractivity contribution is 0.322. The second-order valence-electron chi connectivity index (χ2n) is 6.51. The van der Waals surface area contributed by atoms with E-state index < -0.39 is 5.92 Å². The first-order valence-corrected chi connectivity index (χ1v) is 8.97. The Hall–Kier alpha value is -4.12. The molecule has 1 unspecified atom stereocenters. The number of benzene rings is 2. The van der Waals surface area contributed by atoms with Gasteiger partial charge in [0, 0.05) is 0 Å². The Labute approximate surface area is 171 Å². The van der Waals surface area contributed by atoms with Crippen molar-refractivity contribution in [2.75, 3.05) is 21.3 Å². The summed E-state index contributed by atoms with van der Waals surface area (Å²) in [5.74, 6) is 0.392. The number of ether oxygens (including phenoxy) is 4. The third-order valence-electron chi connectivity index (χ3n) is 4.94. The fourth-order valence-electron chi connectivity index (χ4n) is 3.55. The van der Waals surface area contributed by atoms with Crippen molar-refractivity contribution in [3.8, 4) is 29.1 Å². The van der Waals surface area contributed by atoms with Crippen LogP contribution < -0.4 is 30.1 Å². The second kappa shape index (κ2) is 7.37.